The number of carbonyl (C=O) groups excluding carboxylic acids is 1. The van der Waals surface area contributed by atoms with Crippen molar-refractivity contribution >= 4 is 17.5 Å². The Morgan fingerprint density at radius 1 is 1.08 bits per heavy atom. The average molecular weight is 551 g/mol. The smallest absolute Gasteiger partial charge is 0.253 e. The van der Waals surface area contributed by atoms with Gasteiger partial charge in [0, 0.05) is 25.2 Å². The van der Waals surface area contributed by atoms with Crippen LogP contribution in [0.1, 0.15) is 71.9 Å². The van der Waals surface area contributed by atoms with Crippen LogP contribution in [-0.4, -0.2) is 35.6 Å². The van der Waals surface area contributed by atoms with Gasteiger partial charge in [0.15, 0.2) is 12.0 Å². The highest BCUT2D eigenvalue weighted by atomic mass is 35.5. The number of para-hydroxylation sites is 2. The predicted octanol–water partition coefficient (Wildman–Crippen LogP) is 7.02. The first-order valence-electron chi connectivity index (χ1n) is 13.9. The number of rotatable bonds is 12. The largest absolute Gasteiger partial charge is 0.455 e. The summed E-state index contributed by atoms with van der Waals surface area (Å²) in [5, 5.41) is 11.2. The van der Waals surface area contributed by atoms with Crippen molar-refractivity contribution < 1.29 is 19.4 Å². The normalized spacial score (nSPS) is 16.2. The topological polar surface area (TPSA) is 85.0 Å². The molecule has 208 valence electrons. The lowest BCUT2D eigenvalue weighted by Crippen LogP contribution is -2.39. The fourth-order valence-electron chi connectivity index (χ4n) is 5.06. The second kappa shape index (κ2) is 14.5. The van der Waals surface area contributed by atoms with Gasteiger partial charge >= 0.3 is 0 Å². The van der Waals surface area contributed by atoms with Gasteiger partial charge in [-0.1, -0.05) is 66.9 Å². The zero-order valence-electron chi connectivity index (χ0n) is 22.7. The molecular weight excluding hydrogens is 512 g/mol. The number of unbranched alkanes of at least 4 members (excludes halogenated alkanes) is 2. The number of aryl methyl sites for hydroxylation is 1. The fourth-order valence-corrected chi connectivity index (χ4v) is 5.28. The molecule has 0 aliphatic carbocycles. The molecule has 1 heterocycles. The Kier molecular flexibility index (Phi) is 10.8. The second-order valence-corrected chi connectivity index (χ2v) is 10.7. The van der Waals surface area contributed by atoms with E-state index in [0.29, 0.717) is 41.2 Å². The molecule has 1 aliphatic heterocycles. The molecule has 3 N–H and O–H groups in total. The van der Waals surface area contributed by atoms with E-state index >= 15 is 0 Å². The van der Waals surface area contributed by atoms with Gasteiger partial charge in [-0.3, -0.25) is 4.79 Å². The van der Waals surface area contributed by atoms with E-state index in [9.17, 15) is 9.90 Å². The highest BCUT2D eigenvalue weighted by Crippen LogP contribution is 2.37. The zero-order chi connectivity index (χ0) is 27.6. The molecule has 0 saturated carbocycles. The summed E-state index contributed by atoms with van der Waals surface area (Å²) in [5.74, 6) is 1.72. The van der Waals surface area contributed by atoms with Gasteiger partial charge in [0.2, 0.25) is 0 Å². The maximum atomic E-state index is 12.9. The van der Waals surface area contributed by atoms with Crippen LogP contribution in [0.25, 0.3) is 0 Å². The van der Waals surface area contributed by atoms with Crippen LogP contribution in [-0.2, 0) is 11.3 Å². The SMILES string of the molecule is Cc1ccccc1Oc1c(Cl)cccc1[C@@H](O)OCCCCC[C@@H]1CCCN(C(=O)c2ccc(CN)cc2)C1. The van der Waals surface area contributed by atoms with Gasteiger partial charge in [0.1, 0.15) is 5.75 Å². The minimum Gasteiger partial charge on any atom is -0.455 e. The standard InChI is InChI=1S/C32H39ClN2O4/c1-23-9-4-5-14-29(23)39-30-27(12-7-13-28(30)33)32(37)38-20-6-2-3-10-25-11-8-19-35(22-25)31(36)26-17-15-24(21-34)16-18-26/h4-5,7,9,12-18,25,32,37H,2-3,6,8,10-11,19-22,34H2,1H3/t25-,32+/m1/s1. The van der Waals surface area contributed by atoms with E-state index in [2.05, 4.69) is 0 Å². The second-order valence-electron chi connectivity index (χ2n) is 10.3. The van der Waals surface area contributed by atoms with Gasteiger partial charge in [-0.05, 0) is 73.9 Å². The molecule has 1 aliphatic rings. The molecule has 1 amide bonds. The molecule has 0 unspecified atom stereocenters. The first-order chi connectivity index (χ1) is 19.0. The third kappa shape index (κ3) is 8.05. The molecule has 0 radical (unpaired) electrons. The molecule has 2 atom stereocenters. The third-order valence-electron chi connectivity index (χ3n) is 7.34. The molecule has 6 nitrogen and oxygen atoms in total. The molecular formula is C32H39ClN2O4. The van der Waals surface area contributed by atoms with Crippen molar-refractivity contribution in [2.75, 3.05) is 19.7 Å². The molecule has 3 aromatic carbocycles. The number of likely N-dealkylation sites (tertiary alicyclic amines) is 1. The summed E-state index contributed by atoms with van der Waals surface area (Å²) in [6, 6.07) is 20.6. The highest BCUT2D eigenvalue weighted by Gasteiger charge is 2.24. The van der Waals surface area contributed by atoms with Crippen molar-refractivity contribution in [1.82, 2.24) is 4.90 Å². The van der Waals surface area contributed by atoms with Gasteiger partial charge in [-0.25, -0.2) is 0 Å². The third-order valence-corrected chi connectivity index (χ3v) is 7.64. The number of ether oxygens (including phenoxy) is 2. The number of aliphatic hydroxyl groups excluding tert-OH is 1. The Bertz CT molecular complexity index is 1220. The summed E-state index contributed by atoms with van der Waals surface area (Å²) < 4.78 is 11.8. The number of benzene rings is 3. The van der Waals surface area contributed by atoms with Crippen molar-refractivity contribution in [2.45, 2.75) is 58.3 Å². The summed E-state index contributed by atoms with van der Waals surface area (Å²) in [7, 11) is 0. The highest BCUT2D eigenvalue weighted by molar-refractivity contribution is 6.32. The minimum absolute atomic E-state index is 0.109. The number of hydrogen-bond acceptors (Lipinski definition) is 5. The lowest BCUT2D eigenvalue weighted by molar-refractivity contribution is -0.104. The fraction of sp³-hybridized carbons (Fsp3) is 0.406. The van der Waals surface area contributed by atoms with Gasteiger partial charge < -0.3 is 25.2 Å². The van der Waals surface area contributed by atoms with Gasteiger partial charge in [0.25, 0.3) is 5.91 Å². The predicted molar refractivity (Wildman–Crippen MR) is 155 cm³/mol. The summed E-state index contributed by atoms with van der Waals surface area (Å²) >= 11 is 6.41. The maximum absolute atomic E-state index is 12.9. The summed E-state index contributed by atoms with van der Waals surface area (Å²) in [6.45, 7) is 4.51. The van der Waals surface area contributed by atoms with E-state index in [1.165, 1.54) is 0 Å². The van der Waals surface area contributed by atoms with E-state index in [0.717, 1.165) is 68.3 Å². The molecule has 3 aromatic rings. The molecule has 39 heavy (non-hydrogen) atoms. The Balaban J connectivity index is 1.19. The Hall–Kier alpha value is -2.90. The van der Waals surface area contributed by atoms with Crippen LogP contribution in [0.15, 0.2) is 66.7 Å². The van der Waals surface area contributed by atoms with Crippen molar-refractivity contribution in [3.63, 3.8) is 0 Å². The average Bonchev–Trinajstić information content (AvgIpc) is 2.96. The first-order valence-corrected chi connectivity index (χ1v) is 14.2. The molecule has 1 fully saturated rings. The molecule has 0 bridgehead atoms. The Morgan fingerprint density at radius 3 is 2.64 bits per heavy atom. The number of halogens is 1. The van der Waals surface area contributed by atoms with Gasteiger partial charge in [-0.15, -0.1) is 0 Å². The number of hydrogen-bond donors (Lipinski definition) is 2. The van der Waals surface area contributed by atoms with Crippen LogP contribution < -0.4 is 10.5 Å². The lowest BCUT2D eigenvalue weighted by Gasteiger charge is -2.33. The van der Waals surface area contributed by atoms with E-state index in [1.807, 2.05) is 60.4 Å². The van der Waals surface area contributed by atoms with Crippen LogP contribution in [0.4, 0.5) is 0 Å². The summed E-state index contributed by atoms with van der Waals surface area (Å²) in [4.78, 5) is 14.9. The number of piperidine rings is 1. The van der Waals surface area contributed by atoms with Crippen molar-refractivity contribution in [3.8, 4) is 11.5 Å². The number of carbonyl (C=O) groups is 1. The van der Waals surface area contributed by atoms with E-state index in [1.54, 1.807) is 18.2 Å². The molecule has 1 saturated heterocycles. The van der Waals surface area contributed by atoms with Crippen molar-refractivity contribution in [3.05, 3.63) is 94.0 Å². The number of amides is 1. The van der Waals surface area contributed by atoms with E-state index in [4.69, 9.17) is 26.8 Å². The van der Waals surface area contributed by atoms with Crippen molar-refractivity contribution in [1.29, 1.82) is 0 Å². The van der Waals surface area contributed by atoms with E-state index < -0.39 is 6.29 Å². The Labute approximate surface area is 236 Å². The van der Waals surface area contributed by atoms with Crippen LogP contribution >= 0.6 is 11.6 Å². The minimum atomic E-state index is -1.13. The van der Waals surface area contributed by atoms with Crippen molar-refractivity contribution in [2.24, 2.45) is 11.7 Å². The quantitative estimate of drug-likeness (QED) is 0.187. The van der Waals surface area contributed by atoms with Gasteiger partial charge in [0.05, 0.1) is 17.2 Å². The van der Waals surface area contributed by atoms with E-state index in [-0.39, 0.29) is 5.91 Å². The summed E-state index contributed by atoms with van der Waals surface area (Å²) in [5.41, 5.74) is 8.92. The molecule has 7 heteroatoms. The Morgan fingerprint density at radius 2 is 1.87 bits per heavy atom. The molecule has 0 aromatic heterocycles. The van der Waals surface area contributed by atoms with Crippen LogP contribution in [0.2, 0.25) is 5.02 Å². The number of aliphatic hydroxyl groups is 1. The monoisotopic (exact) mass is 550 g/mol. The molecule has 4 rings (SSSR count). The maximum Gasteiger partial charge on any atom is 0.253 e. The number of nitrogens with two attached hydrogens (primary N) is 1. The number of nitrogens with zero attached hydrogens (tertiary/aromatic N) is 1. The first kappa shape index (κ1) is 29.1. The van der Waals surface area contributed by atoms with Gasteiger partial charge in [-0.2, -0.15) is 0 Å². The molecule has 0 spiro atoms. The zero-order valence-corrected chi connectivity index (χ0v) is 23.4. The lowest BCUT2D eigenvalue weighted by atomic mass is 9.92. The summed E-state index contributed by atoms with van der Waals surface area (Å²) in [6.07, 6.45) is 5.06. The van der Waals surface area contributed by atoms with Crippen LogP contribution in [0, 0.1) is 12.8 Å². The van der Waals surface area contributed by atoms with Crippen LogP contribution in [0.3, 0.4) is 0 Å². The van der Waals surface area contributed by atoms with Crippen LogP contribution in [0.5, 0.6) is 11.5 Å².